The van der Waals surface area contributed by atoms with Gasteiger partial charge in [0.2, 0.25) is 5.89 Å². The molecule has 0 unspecified atom stereocenters. The van der Waals surface area contributed by atoms with E-state index in [0.29, 0.717) is 12.4 Å². The number of halogens is 1. The molecule has 2 aromatic carbocycles. The van der Waals surface area contributed by atoms with E-state index < -0.39 is 0 Å². The molecule has 0 atom stereocenters. The van der Waals surface area contributed by atoms with Gasteiger partial charge in [-0.25, -0.2) is 4.98 Å². The Labute approximate surface area is 177 Å². The molecule has 0 radical (unpaired) electrons. The monoisotopic (exact) mass is 476 g/mol. The standard InChI is InChI=1S/C21H24N4O.HI/c1-16-7-6-8-17(13-16)11-12-23-21(22-2)24-14-19-15-26-20(25-19)18-9-4-3-5-10-18;/h3-10,13,15H,11-12,14H2,1-2H3,(H2,22,23,24);1H. The number of rotatable bonds is 6. The molecular formula is C21H25IN4O. The SMILES string of the molecule is CN=C(NCCc1cccc(C)c1)NCc1coc(-c2ccccc2)n1.I. The van der Waals surface area contributed by atoms with E-state index >= 15 is 0 Å². The fourth-order valence-electron chi connectivity index (χ4n) is 2.69. The van der Waals surface area contributed by atoms with Crippen LogP contribution in [-0.4, -0.2) is 24.5 Å². The zero-order chi connectivity index (χ0) is 18.2. The van der Waals surface area contributed by atoms with Gasteiger partial charge in [-0.05, 0) is 31.0 Å². The van der Waals surface area contributed by atoms with Crippen LogP contribution in [0.5, 0.6) is 0 Å². The van der Waals surface area contributed by atoms with Gasteiger partial charge in [0.25, 0.3) is 0 Å². The molecule has 0 bridgehead atoms. The lowest BCUT2D eigenvalue weighted by Crippen LogP contribution is -2.37. The molecule has 2 N–H and O–H groups in total. The lowest BCUT2D eigenvalue weighted by Gasteiger charge is -2.11. The van der Waals surface area contributed by atoms with Crippen LogP contribution in [0.2, 0.25) is 0 Å². The summed E-state index contributed by atoms with van der Waals surface area (Å²) in [5.74, 6) is 1.38. The van der Waals surface area contributed by atoms with E-state index in [1.807, 2.05) is 30.3 Å². The van der Waals surface area contributed by atoms with E-state index in [1.54, 1.807) is 13.3 Å². The Kier molecular flexibility index (Phi) is 8.32. The highest BCUT2D eigenvalue weighted by atomic mass is 127. The first-order valence-corrected chi connectivity index (χ1v) is 8.74. The normalized spacial score (nSPS) is 11.0. The maximum atomic E-state index is 5.56. The summed E-state index contributed by atoms with van der Waals surface area (Å²) in [6, 6.07) is 18.4. The largest absolute Gasteiger partial charge is 0.444 e. The van der Waals surface area contributed by atoms with E-state index in [-0.39, 0.29) is 24.0 Å². The first-order chi connectivity index (χ1) is 12.7. The van der Waals surface area contributed by atoms with Crippen molar-refractivity contribution in [2.75, 3.05) is 13.6 Å². The predicted molar refractivity (Wildman–Crippen MR) is 120 cm³/mol. The molecule has 0 aliphatic rings. The van der Waals surface area contributed by atoms with Gasteiger partial charge in [0.1, 0.15) is 6.26 Å². The third-order valence-electron chi connectivity index (χ3n) is 4.02. The highest BCUT2D eigenvalue weighted by molar-refractivity contribution is 14.0. The topological polar surface area (TPSA) is 62.5 Å². The number of hydrogen-bond acceptors (Lipinski definition) is 3. The van der Waals surface area contributed by atoms with Gasteiger partial charge in [-0.1, -0.05) is 48.0 Å². The highest BCUT2D eigenvalue weighted by Gasteiger charge is 2.07. The minimum absolute atomic E-state index is 0. The van der Waals surface area contributed by atoms with E-state index in [4.69, 9.17) is 4.42 Å². The second kappa shape index (κ2) is 10.7. The molecule has 6 heteroatoms. The van der Waals surface area contributed by atoms with Gasteiger partial charge in [0.05, 0.1) is 12.2 Å². The van der Waals surface area contributed by atoms with Crippen LogP contribution in [0, 0.1) is 6.92 Å². The van der Waals surface area contributed by atoms with Gasteiger partial charge in [0, 0.05) is 19.2 Å². The molecular weight excluding hydrogens is 451 g/mol. The zero-order valence-corrected chi connectivity index (χ0v) is 17.9. The molecule has 0 spiro atoms. The van der Waals surface area contributed by atoms with Gasteiger partial charge in [-0.15, -0.1) is 24.0 Å². The summed E-state index contributed by atoms with van der Waals surface area (Å²) in [4.78, 5) is 8.77. The van der Waals surface area contributed by atoms with Crippen LogP contribution in [0.15, 0.2) is 70.3 Å². The van der Waals surface area contributed by atoms with Crippen molar-refractivity contribution in [2.24, 2.45) is 4.99 Å². The summed E-state index contributed by atoms with van der Waals surface area (Å²) >= 11 is 0. The van der Waals surface area contributed by atoms with Crippen molar-refractivity contribution >= 4 is 29.9 Å². The Balaban J connectivity index is 0.00000261. The van der Waals surface area contributed by atoms with Crippen LogP contribution in [0.4, 0.5) is 0 Å². The predicted octanol–water partition coefficient (Wildman–Crippen LogP) is 4.18. The first-order valence-electron chi connectivity index (χ1n) is 8.74. The maximum absolute atomic E-state index is 5.56. The Morgan fingerprint density at radius 2 is 1.89 bits per heavy atom. The molecule has 27 heavy (non-hydrogen) atoms. The molecule has 5 nitrogen and oxygen atoms in total. The molecule has 0 aliphatic carbocycles. The average Bonchev–Trinajstić information content (AvgIpc) is 3.14. The minimum atomic E-state index is 0. The third-order valence-corrected chi connectivity index (χ3v) is 4.02. The van der Waals surface area contributed by atoms with Gasteiger partial charge >= 0.3 is 0 Å². The Bertz CT molecular complexity index is 861. The van der Waals surface area contributed by atoms with Crippen LogP contribution >= 0.6 is 24.0 Å². The number of aryl methyl sites for hydroxylation is 1. The number of nitrogens with one attached hydrogen (secondary N) is 2. The summed E-state index contributed by atoms with van der Waals surface area (Å²) < 4.78 is 5.56. The van der Waals surface area contributed by atoms with Crippen LogP contribution in [0.1, 0.15) is 16.8 Å². The van der Waals surface area contributed by atoms with Crippen LogP contribution < -0.4 is 10.6 Å². The lowest BCUT2D eigenvalue weighted by atomic mass is 10.1. The molecule has 0 amide bonds. The third kappa shape index (κ3) is 6.39. The Morgan fingerprint density at radius 3 is 2.63 bits per heavy atom. The maximum Gasteiger partial charge on any atom is 0.226 e. The van der Waals surface area contributed by atoms with Gasteiger partial charge < -0.3 is 15.1 Å². The average molecular weight is 476 g/mol. The smallest absolute Gasteiger partial charge is 0.226 e. The van der Waals surface area contributed by atoms with Crippen molar-refractivity contribution in [3.8, 4) is 11.5 Å². The van der Waals surface area contributed by atoms with Gasteiger partial charge in [-0.2, -0.15) is 0 Å². The number of aliphatic imine (C=N–C) groups is 1. The summed E-state index contributed by atoms with van der Waals surface area (Å²) in [7, 11) is 1.76. The fourth-order valence-corrected chi connectivity index (χ4v) is 2.69. The van der Waals surface area contributed by atoms with E-state index in [2.05, 4.69) is 51.8 Å². The molecule has 1 heterocycles. The number of benzene rings is 2. The Morgan fingerprint density at radius 1 is 1.07 bits per heavy atom. The number of nitrogens with zero attached hydrogens (tertiary/aromatic N) is 2. The van der Waals surface area contributed by atoms with Crippen molar-refractivity contribution in [1.29, 1.82) is 0 Å². The lowest BCUT2D eigenvalue weighted by molar-refractivity contribution is 0.572. The van der Waals surface area contributed by atoms with E-state index in [9.17, 15) is 0 Å². The van der Waals surface area contributed by atoms with Crippen LogP contribution in [-0.2, 0) is 13.0 Å². The van der Waals surface area contributed by atoms with Gasteiger partial charge in [0.15, 0.2) is 5.96 Å². The molecule has 3 aromatic rings. The zero-order valence-electron chi connectivity index (χ0n) is 15.6. The molecule has 1 aromatic heterocycles. The first kappa shape index (κ1) is 21.0. The van der Waals surface area contributed by atoms with Crippen molar-refractivity contribution in [3.05, 3.63) is 77.7 Å². The van der Waals surface area contributed by atoms with Crippen molar-refractivity contribution < 1.29 is 4.42 Å². The van der Waals surface area contributed by atoms with E-state index in [0.717, 1.165) is 30.2 Å². The van der Waals surface area contributed by atoms with Crippen LogP contribution in [0.25, 0.3) is 11.5 Å². The molecule has 142 valence electrons. The highest BCUT2D eigenvalue weighted by Crippen LogP contribution is 2.17. The van der Waals surface area contributed by atoms with Crippen molar-refractivity contribution in [2.45, 2.75) is 19.9 Å². The molecule has 0 aliphatic heterocycles. The number of guanidine groups is 1. The van der Waals surface area contributed by atoms with Crippen molar-refractivity contribution in [3.63, 3.8) is 0 Å². The number of aromatic nitrogens is 1. The summed E-state index contributed by atoms with van der Waals surface area (Å²) in [6.07, 6.45) is 2.62. The van der Waals surface area contributed by atoms with Crippen molar-refractivity contribution in [1.82, 2.24) is 15.6 Å². The Hall–Kier alpha value is -2.35. The number of oxazole rings is 1. The summed E-state index contributed by atoms with van der Waals surface area (Å²) in [6.45, 7) is 3.48. The fraction of sp³-hybridized carbons (Fsp3) is 0.238. The molecule has 0 saturated heterocycles. The van der Waals surface area contributed by atoms with E-state index in [1.165, 1.54) is 11.1 Å². The summed E-state index contributed by atoms with van der Waals surface area (Å²) in [5.41, 5.74) is 4.41. The molecule has 3 rings (SSSR count). The second-order valence-corrected chi connectivity index (χ2v) is 6.10. The molecule has 0 saturated carbocycles. The second-order valence-electron chi connectivity index (χ2n) is 6.10. The quantitative estimate of drug-likeness (QED) is 0.319. The van der Waals surface area contributed by atoms with Gasteiger partial charge in [-0.3, -0.25) is 4.99 Å². The van der Waals surface area contributed by atoms with Crippen LogP contribution in [0.3, 0.4) is 0 Å². The molecule has 0 fully saturated rings. The summed E-state index contributed by atoms with van der Waals surface area (Å²) in [5, 5.41) is 6.59. The number of hydrogen-bond donors (Lipinski definition) is 2. The minimum Gasteiger partial charge on any atom is -0.444 e.